The van der Waals surface area contributed by atoms with E-state index in [1.54, 1.807) is 6.20 Å². The third kappa shape index (κ3) is 3.70. The molecule has 6 rings (SSSR count). The molecule has 0 unspecified atom stereocenters. The molecule has 1 heterocycles. The summed E-state index contributed by atoms with van der Waals surface area (Å²) < 4.78 is 0. The van der Waals surface area contributed by atoms with Crippen molar-refractivity contribution in [1.29, 1.82) is 0 Å². The van der Waals surface area contributed by atoms with Crippen molar-refractivity contribution in [1.82, 2.24) is 10.3 Å². The Hall–Kier alpha value is -2.21. The average Bonchev–Trinajstić information content (AvgIpc) is 3.10. The molecule has 4 aliphatic rings. The van der Waals surface area contributed by atoms with Crippen LogP contribution >= 0.6 is 11.3 Å². The summed E-state index contributed by atoms with van der Waals surface area (Å²) >= 11 is 1.46. The van der Waals surface area contributed by atoms with Gasteiger partial charge in [-0.2, -0.15) is 0 Å². The number of anilines is 1. The fourth-order valence-corrected chi connectivity index (χ4v) is 6.77. The van der Waals surface area contributed by atoms with E-state index in [0.29, 0.717) is 17.2 Å². The van der Waals surface area contributed by atoms with Crippen LogP contribution in [0.15, 0.2) is 30.5 Å². The molecule has 2 aromatic rings. The number of nitrogens with one attached hydrogen (secondary N) is 2. The Morgan fingerprint density at radius 2 is 1.69 bits per heavy atom. The first-order valence-corrected chi connectivity index (χ1v) is 11.4. The second-order valence-electron chi connectivity index (χ2n) is 9.31. The van der Waals surface area contributed by atoms with Gasteiger partial charge in [0.15, 0.2) is 5.13 Å². The lowest BCUT2D eigenvalue weighted by Gasteiger charge is -2.55. The summed E-state index contributed by atoms with van der Waals surface area (Å²) in [6, 6.07) is 7.45. The van der Waals surface area contributed by atoms with E-state index in [0.717, 1.165) is 47.5 Å². The Balaban J connectivity index is 1.18. The summed E-state index contributed by atoms with van der Waals surface area (Å²) in [5, 5.41) is 6.63. The predicted octanol–water partition coefficient (Wildman–Crippen LogP) is 4.54. The number of amides is 2. The van der Waals surface area contributed by atoms with E-state index >= 15 is 0 Å². The van der Waals surface area contributed by atoms with Gasteiger partial charge in [0.05, 0.1) is 0 Å². The van der Waals surface area contributed by atoms with E-state index in [1.807, 2.05) is 31.2 Å². The first-order chi connectivity index (χ1) is 14.0. The molecular formula is C23H27N3O2S. The zero-order valence-electron chi connectivity index (χ0n) is 16.7. The summed E-state index contributed by atoms with van der Waals surface area (Å²) in [5.41, 5.74) is 1.50. The average molecular weight is 410 g/mol. The van der Waals surface area contributed by atoms with Crippen molar-refractivity contribution >= 4 is 28.3 Å². The van der Waals surface area contributed by atoms with Crippen LogP contribution in [0.2, 0.25) is 0 Å². The molecule has 2 amide bonds. The van der Waals surface area contributed by atoms with Crippen LogP contribution in [0.1, 0.15) is 59.3 Å². The number of nitrogens with zero attached hydrogens (tertiary/aromatic N) is 1. The normalized spacial score (nSPS) is 29.6. The molecule has 4 saturated carbocycles. The molecular weight excluding hydrogens is 382 g/mol. The number of carbonyl (C=O) groups excluding carboxylic acids is 2. The highest BCUT2D eigenvalue weighted by molar-refractivity contribution is 7.15. The van der Waals surface area contributed by atoms with Crippen LogP contribution in [-0.2, 0) is 11.3 Å². The first kappa shape index (κ1) is 18.8. The molecule has 0 radical (unpaired) electrons. The monoisotopic (exact) mass is 409 g/mol. The summed E-state index contributed by atoms with van der Waals surface area (Å²) in [6.07, 6.45) is 9.03. The van der Waals surface area contributed by atoms with Crippen molar-refractivity contribution in [2.75, 3.05) is 5.32 Å². The van der Waals surface area contributed by atoms with Crippen LogP contribution in [0, 0.1) is 30.1 Å². The van der Waals surface area contributed by atoms with Crippen LogP contribution in [0.4, 0.5) is 5.13 Å². The standard InChI is InChI=1S/C23H27N3O2S/c1-14-12-25-22(29-14)26-20(27)19-4-2-15(3-5-19)13-24-21(28)23-9-16-6-17(10-23)8-18(7-16)11-23/h2-5,12,16-18H,6-11,13H2,1H3,(H,24,28)(H,25,26,27). The molecule has 4 aliphatic carbocycles. The molecule has 5 nitrogen and oxygen atoms in total. The molecule has 4 fully saturated rings. The Morgan fingerprint density at radius 3 is 2.24 bits per heavy atom. The molecule has 1 aromatic heterocycles. The summed E-state index contributed by atoms with van der Waals surface area (Å²) in [7, 11) is 0. The smallest absolute Gasteiger partial charge is 0.257 e. The van der Waals surface area contributed by atoms with Gasteiger partial charge in [-0.15, -0.1) is 11.3 Å². The van der Waals surface area contributed by atoms with Gasteiger partial charge in [0.2, 0.25) is 5.91 Å². The Kier molecular flexibility index (Phi) is 4.69. The van der Waals surface area contributed by atoms with Gasteiger partial charge in [-0.25, -0.2) is 4.98 Å². The van der Waals surface area contributed by atoms with Gasteiger partial charge in [0.25, 0.3) is 5.91 Å². The van der Waals surface area contributed by atoms with Gasteiger partial charge in [0.1, 0.15) is 0 Å². The minimum Gasteiger partial charge on any atom is -0.352 e. The maximum absolute atomic E-state index is 13.1. The Morgan fingerprint density at radius 1 is 1.07 bits per heavy atom. The molecule has 0 saturated heterocycles. The molecule has 29 heavy (non-hydrogen) atoms. The fraction of sp³-hybridized carbons (Fsp3) is 0.522. The number of aryl methyl sites for hydroxylation is 1. The minimum atomic E-state index is -0.163. The highest BCUT2D eigenvalue weighted by Crippen LogP contribution is 2.60. The molecule has 0 aliphatic heterocycles. The zero-order chi connectivity index (χ0) is 20.0. The quantitative estimate of drug-likeness (QED) is 0.762. The Bertz CT molecular complexity index is 899. The highest BCUT2D eigenvalue weighted by atomic mass is 32.1. The van der Waals surface area contributed by atoms with Crippen molar-refractivity contribution in [3.05, 3.63) is 46.5 Å². The van der Waals surface area contributed by atoms with Crippen molar-refractivity contribution in [2.45, 2.75) is 52.0 Å². The lowest BCUT2D eigenvalue weighted by Crippen LogP contribution is -2.53. The van der Waals surface area contributed by atoms with E-state index in [-0.39, 0.29) is 17.2 Å². The van der Waals surface area contributed by atoms with E-state index < -0.39 is 0 Å². The van der Waals surface area contributed by atoms with Gasteiger partial charge in [0, 0.05) is 28.6 Å². The number of rotatable bonds is 5. The van der Waals surface area contributed by atoms with E-state index in [4.69, 9.17) is 0 Å². The summed E-state index contributed by atoms with van der Waals surface area (Å²) in [5.74, 6) is 2.39. The van der Waals surface area contributed by atoms with Crippen LogP contribution in [0.5, 0.6) is 0 Å². The van der Waals surface area contributed by atoms with E-state index in [1.165, 1.54) is 30.6 Å². The molecule has 0 atom stereocenters. The number of carbonyl (C=O) groups is 2. The van der Waals surface area contributed by atoms with Gasteiger partial charge >= 0.3 is 0 Å². The van der Waals surface area contributed by atoms with Crippen molar-refractivity contribution in [2.24, 2.45) is 23.2 Å². The maximum atomic E-state index is 13.1. The van der Waals surface area contributed by atoms with Gasteiger partial charge in [-0.1, -0.05) is 12.1 Å². The Labute approximate surface area is 175 Å². The topological polar surface area (TPSA) is 71.1 Å². The fourth-order valence-electron chi connectivity index (χ4n) is 6.11. The summed E-state index contributed by atoms with van der Waals surface area (Å²) in [6.45, 7) is 2.48. The molecule has 1 aromatic carbocycles. The zero-order valence-corrected chi connectivity index (χ0v) is 17.6. The molecule has 152 valence electrons. The molecule has 4 bridgehead atoms. The lowest BCUT2D eigenvalue weighted by atomic mass is 9.49. The van der Waals surface area contributed by atoms with Crippen molar-refractivity contribution in [3.63, 3.8) is 0 Å². The van der Waals surface area contributed by atoms with Crippen molar-refractivity contribution < 1.29 is 9.59 Å². The van der Waals surface area contributed by atoms with Crippen LogP contribution in [0.3, 0.4) is 0 Å². The summed E-state index contributed by atoms with van der Waals surface area (Å²) in [4.78, 5) is 30.6. The van der Waals surface area contributed by atoms with Crippen molar-refractivity contribution in [3.8, 4) is 0 Å². The predicted molar refractivity (Wildman–Crippen MR) is 114 cm³/mol. The third-order valence-corrected chi connectivity index (χ3v) is 7.86. The van der Waals surface area contributed by atoms with Gasteiger partial charge in [-0.3, -0.25) is 14.9 Å². The first-order valence-electron chi connectivity index (χ1n) is 10.6. The minimum absolute atomic E-state index is 0.111. The van der Waals surface area contributed by atoms with E-state index in [2.05, 4.69) is 15.6 Å². The van der Waals surface area contributed by atoms with Crippen LogP contribution < -0.4 is 10.6 Å². The van der Waals surface area contributed by atoms with E-state index in [9.17, 15) is 9.59 Å². The largest absolute Gasteiger partial charge is 0.352 e. The number of thiazole rings is 1. The highest BCUT2D eigenvalue weighted by Gasteiger charge is 2.54. The maximum Gasteiger partial charge on any atom is 0.257 e. The SMILES string of the molecule is Cc1cnc(NC(=O)c2ccc(CNC(=O)C34CC5CC(CC(C5)C3)C4)cc2)s1. The second kappa shape index (κ2) is 7.24. The van der Waals surface area contributed by atoms with Gasteiger partial charge < -0.3 is 5.32 Å². The second-order valence-corrected chi connectivity index (χ2v) is 10.5. The lowest BCUT2D eigenvalue weighted by molar-refractivity contribution is -0.146. The number of aromatic nitrogens is 1. The van der Waals surface area contributed by atoms with Crippen LogP contribution in [-0.4, -0.2) is 16.8 Å². The third-order valence-electron chi connectivity index (χ3n) is 7.03. The number of benzene rings is 1. The van der Waals surface area contributed by atoms with Crippen LogP contribution in [0.25, 0.3) is 0 Å². The number of hydrogen-bond donors (Lipinski definition) is 2. The number of hydrogen-bond acceptors (Lipinski definition) is 4. The molecule has 6 heteroatoms. The van der Waals surface area contributed by atoms with Gasteiger partial charge in [-0.05, 0) is 80.9 Å². The molecule has 0 spiro atoms. The molecule has 2 N–H and O–H groups in total.